The van der Waals surface area contributed by atoms with E-state index in [1.807, 2.05) is 0 Å². The lowest BCUT2D eigenvalue weighted by Crippen LogP contribution is -2.37. The molecule has 2 nitrogen and oxygen atoms in total. The molecule has 0 unspecified atom stereocenters. The molecule has 78 valence electrons. The summed E-state index contributed by atoms with van der Waals surface area (Å²) in [5.74, 6) is 0.788. The van der Waals surface area contributed by atoms with Crippen molar-refractivity contribution in [1.29, 1.82) is 0 Å². The van der Waals surface area contributed by atoms with E-state index < -0.39 is 0 Å². The molecule has 1 fully saturated rings. The molecule has 0 amide bonds. The average Bonchev–Trinajstić information content (AvgIpc) is 2.10. The van der Waals surface area contributed by atoms with Crippen LogP contribution in [0.25, 0.3) is 0 Å². The van der Waals surface area contributed by atoms with Crippen LogP contribution in [0.15, 0.2) is 0 Å². The molecule has 1 saturated carbocycles. The second-order valence-electron chi connectivity index (χ2n) is 4.41. The minimum absolute atomic E-state index is 0.124. The minimum Gasteiger partial charge on any atom is -0.393 e. The van der Waals surface area contributed by atoms with Gasteiger partial charge in [-0.2, -0.15) is 0 Å². The fourth-order valence-corrected chi connectivity index (χ4v) is 2.19. The SMILES string of the molecule is CCCOC1C[C@@H](C)C(O)[C@H](C)C1. The van der Waals surface area contributed by atoms with E-state index in [2.05, 4.69) is 20.8 Å². The van der Waals surface area contributed by atoms with Gasteiger partial charge in [-0.25, -0.2) is 0 Å². The summed E-state index contributed by atoms with van der Waals surface area (Å²) in [5, 5.41) is 9.73. The lowest BCUT2D eigenvalue weighted by molar-refractivity contribution is -0.0562. The van der Waals surface area contributed by atoms with Crippen molar-refractivity contribution < 1.29 is 9.84 Å². The Hall–Kier alpha value is -0.0800. The molecular formula is C11H22O2. The van der Waals surface area contributed by atoms with Crippen molar-refractivity contribution in [2.75, 3.05) is 6.61 Å². The number of rotatable bonds is 3. The van der Waals surface area contributed by atoms with Gasteiger partial charge in [-0.1, -0.05) is 20.8 Å². The van der Waals surface area contributed by atoms with Gasteiger partial charge in [0.1, 0.15) is 0 Å². The van der Waals surface area contributed by atoms with Gasteiger partial charge < -0.3 is 9.84 Å². The summed E-state index contributed by atoms with van der Waals surface area (Å²) in [6, 6.07) is 0. The van der Waals surface area contributed by atoms with Gasteiger partial charge in [-0.15, -0.1) is 0 Å². The molecule has 1 aliphatic carbocycles. The Kier molecular flexibility index (Phi) is 4.20. The molecule has 2 atom stereocenters. The third kappa shape index (κ3) is 2.96. The lowest BCUT2D eigenvalue weighted by atomic mass is 9.79. The number of hydrogen-bond donors (Lipinski definition) is 1. The molecule has 0 radical (unpaired) electrons. The number of hydrogen-bond acceptors (Lipinski definition) is 2. The topological polar surface area (TPSA) is 29.5 Å². The molecule has 13 heavy (non-hydrogen) atoms. The molecular weight excluding hydrogens is 164 g/mol. The molecule has 0 aromatic heterocycles. The summed E-state index contributed by atoms with van der Waals surface area (Å²) >= 11 is 0. The van der Waals surface area contributed by atoms with Crippen molar-refractivity contribution in [3.8, 4) is 0 Å². The van der Waals surface area contributed by atoms with Crippen molar-refractivity contribution in [2.45, 2.75) is 52.2 Å². The zero-order chi connectivity index (χ0) is 9.84. The molecule has 0 aliphatic heterocycles. The van der Waals surface area contributed by atoms with Crippen LogP contribution in [-0.4, -0.2) is 23.9 Å². The zero-order valence-electron chi connectivity index (χ0n) is 8.99. The predicted octanol–water partition coefficient (Wildman–Crippen LogP) is 2.21. The zero-order valence-corrected chi connectivity index (χ0v) is 8.99. The Morgan fingerprint density at radius 2 is 1.77 bits per heavy atom. The Labute approximate surface area is 81.3 Å². The largest absolute Gasteiger partial charge is 0.393 e. The first-order valence-electron chi connectivity index (χ1n) is 5.44. The monoisotopic (exact) mass is 186 g/mol. The second kappa shape index (κ2) is 4.97. The third-order valence-corrected chi connectivity index (χ3v) is 2.99. The van der Waals surface area contributed by atoms with Crippen LogP contribution in [0.3, 0.4) is 0 Å². The van der Waals surface area contributed by atoms with Gasteiger partial charge in [0.2, 0.25) is 0 Å². The Balaban J connectivity index is 2.35. The maximum atomic E-state index is 9.73. The number of aliphatic hydroxyl groups excluding tert-OH is 1. The van der Waals surface area contributed by atoms with Gasteiger partial charge in [0.15, 0.2) is 0 Å². The fourth-order valence-electron chi connectivity index (χ4n) is 2.19. The quantitative estimate of drug-likeness (QED) is 0.732. The fraction of sp³-hybridized carbons (Fsp3) is 1.00. The summed E-state index contributed by atoms with van der Waals surface area (Å²) in [5.41, 5.74) is 0. The highest BCUT2D eigenvalue weighted by atomic mass is 16.5. The van der Waals surface area contributed by atoms with Crippen LogP contribution in [0.4, 0.5) is 0 Å². The summed E-state index contributed by atoms with van der Waals surface area (Å²) in [4.78, 5) is 0. The van der Waals surface area contributed by atoms with Crippen LogP contribution in [0, 0.1) is 11.8 Å². The maximum absolute atomic E-state index is 9.73. The van der Waals surface area contributed by atoms with Crippen LogP contribution in [0.1, 0.15) is 40.0 Å². The third-order valence-electron chi connectivity index (χ3n) is 2.99. The standard InChI is InChI=1S/C11H22O2/c1-4-5-13-10-6-8(2)11(12)9(3)7-10/h8-12H,4-7H2,1-3H3/t8-,9-,10?,11?/m1/s1. The highest BCUT2D eigenvalue weighted by molar-refractivity contribution is 4.82. The molecule has 1 N–H and O–H groups in total. The molecule has 0 bridgehead atoms. The van der Waals surface area contributed by atoms with E-state index in [0.29, 0.717) is 17.9 Å². The molecule has 0 heterocycles. The summed E-state index contributed by atoms with van der Waals surface area (Å²) in [6.45, 7) is 7.22. The van der Waals surface area contributed by atoms with E-state index in [1.54, 1.807) is 0 Å². The highest BCUT2D eigenvalue weighted by Gasteiger charge is 2.31. The lowest BCUT2D eigenvalue weighted by Gasteiger charge is -2.35. The molecule has 2 heteroatoms. The average molecular weight is 186 g/mol. The second-order valence-corrected chi connectivity index (χ2v) is 4.41. The van der Waals surface area contributed by atoms with Crippen LogP contribution in [0.2, 0.25) is 0 Å². The number of aliphatic hydroxyl groups is 1. The predicted molar refractivity (Wildman–Crippen MR) is 53.6 cm³/mol. The van der Waals surface area contributed by atoms with Crippen LogP contribution in [0.5, 0.6) is 0 Å². The minimum atomic E-state index is -0.124. The smallest absolute Gasteiger partial charge is 0.0593 e. The van der Waals surface area contributed by atoms with Gasteiger partial charge in [0, 0.05) is 6.61 Å². The summed E-state index contributed by atoms with van der Waals surface area (Å²) in [6.07, 6.45) is 3.38. The Morgan fingerprint density at radius 1 is 1.23 bits per heavy atom. The first-order chi connectivity index (χ1) is 6.15. The first kappa shape index (κ1) is 11.0. The van der Waals surface area contributed by atoms with E-state index in [-0.39, 0.29) is 6.10 Å². The van der Waals surface area contributed by atoms with Crippen molar-refractivity contribution in [2.24, 2.45) is 11.8 Å². The molecule has 1 aliphatic rings. The molecule has 0 aromatic carbocycles. The van der Waals surface area contributed by atoms with E-state index >= 15 is 0 Å². The maximum Gasteiger partial charge on any atom is 0.0593 e. The summed E-state index contributed by atoms with van der Waals surface area (Å²) in [7, 11) is 0. The van der Waals surface area contributed by atoms with Crippen molar-refractivity contribution in [3.05, 3.63) is 0 Å². The van der Waals surface area contributed by atoms with Crippen LogP contribution in [-0.2, 0) is 4.74 Å². The van der Waals surface area contributed by atoms with Gasteiger partial charge in [-0.05, 0) is 31.1 Å². The van der Waals surface area contributed by atoms with E-state index in [4.69, 9.17) is 4.74 Å². The Morgan fingerprint density at radius 3 is 2.23 bits per heavy atom. The van der Waals surface area contributed by atoms with Gasteiger partial charge in [0.05, 0.1) is 12.2 Å². The van der Waals surface area contributed by atoms with Crippen LogP contribution >= 0.6 is 0 Å². The van der Waals surface area contributed by atoms with Crippen molar-refractivity contribution >= 4 is 0 Å². The molecule has 0 aromatic rings. The van der Waals surface area contributed by atoms with Gasteiger partial charge >= 0.3 is 0 Å². The van der Waals surface area contributed by atoms with Gasteiger partial charge in [-0.3, -0.25) is 0 Å². The Bertz CT molecular complexity index is 135. The number of ether oxygens (including phenoxy) is 1. The van der Waals surface area contributed by atoms with Crippen molar-refractivity contribution in [3.63, 3.8) is 0 Å². The van der Waals surface area contributed by atoms with Crippen LogP contribution < -0.4 is 0 Å². The van der Waals surface area contributed by atoms with Gasteiger partial charge in [0.25, 0.3) is 0 Å². The normalized spacial score (nSPS) is 40.6. The molecule has 0 spiro atoms. The summed E-state index contributed by atoms with van der Waals surface area (Å²) < 4.78 is 5.71. The van der Waals surface area contributed by atoms with E-state index in [1.165, 1.54) is 0 Å². The van der Waals surface area contributed by atoms with E-state index in [9.17, 15) is 5.11 Å². The van der Waals surface area contributed by atoms with E-state index in [0.717, 1.165) is 25.9 Å². The van der Waals surface area contributed by atoms with Crippen molar-refractivity contribution in [1.82, 2.24) is 0 Å². The highest BCUT2D eigenvalue weighted by Crippen LogP contribution is 2.30. The first-order valence-corrected chi connectivity index (χ1v) is 5.44. The molecule has 1 rings (SSSR count). The molecule has 0 saturated heterocycles.